The molecule has 194 valence electrons. The first-order valence-electron chi connectivity index (χ1n) is 11.7. The Labute approximate surface area is 214 Å². The average molecular weight is 544 g/mol. The normalized spacial score (nSPS) is 20.9. The SMILES string of the molecule is NS(=O)(=O)c1ccc(N2C(=O)CC(N(CC3CCCO3)S(=O)(=O)c3ccc4ccccc4c3)C2=O)cc1. The standard InChI is InChI=1S/C25H25N3O7S2/c26-36(31,32)21-11-8-19(9-12-21)28-24(29)15-23(25(28)30)27(16-20-6-3-13-35-20)37(33,34)22-10-7-17-4-1-2-5-18(17)14-22/h1-2,4-5,7-12,14,20,23H,3,6,13,15-16H2,(H2,26,31,32). The summed E-state index contributed by atoms with van der Waals surface area (Å²) in [5.41, 5.74) is 0.130. The van der Waals surface area contributed by atoms with E-state index in [2.05, 4.69) is 0 Å². The molecule has 2 aliphatic heterocycles. The number of imide groups is 1. The average Bonchev–Trinajstić information content (AvgIpc) is 3.49. The Kier molecular flexibility index (Phi) is 6.62. The largest absolute Gasteiger partial charge is 0.377 e. The van der Waals surface area contributed by atoms with Gasteiger partial charge in [0.1, 0.15) is 6.04 Å². The van der Waals surface area contributed by atoms with E-state index in [0.717, 1.165) is 26.4 Å². The van der Waals surface area contributed by atoms with Gasteiger partial charge in [0.25, 0.3) is 5.91 Å². The first-order valence-corrected chi connectivity index (χ1v) is 14.7. The van der Waals surface area contributed by atoms with Crippen molar-refractivity contribution in [3.8, 4) is 0 Å². The first kappa shape index (κ1) is 25.5. The van der Waals surface area contributed by atoms with Gasteiger partial charge in [-0.3, -0.25) is 9.59 Å². The Morgan fingerprint density at radius 3 is 2.24 bits per heavy atom. The highest BCUT2D eigenvalue weighted by atomic mass is 32.2. The first-order chi connectivity index (χ1) is 17.6. The summed E-state index contributed by atoms with van der Waals surface area (Å²) in [4.78, 5) is 27.2. The predicted molar refractivity (Wildman–Crippen MR) is 136 cm³/mol. The van der Waals surface area contributed by atoms with Gasteiger partial charge in [0, 0.05) is 13.2 Å². The number of hydrogen-bond donors (Lipinski definition) is 1. The van der Waals surface area contributed by atoms with Crippen molar-refractivity contribution in [3.05, 3.63) is 66.7 Å². The highest BCUT2D eigenvalue weighted by Gasteiger charge is 2.47. The molecule has 2 heterocycles. The molecule has 3 aromatic carbocycles. The zero-order chi connectivity index (χ0) is 26.4. The number of anilines is 1. The van der Waals surface area contributed by atoms with Crippen LogP contribution < -0.4 is 10.0 Å². The summed E-state index contributed by atoms with van der Waals surface area (Å²) < 4.78 is 57.7. The highest BCUT2D eigenvalue weighted by molar-refractivity contribution is 7.89. The Bertz CT molecular complexity index is 1580. The predicted octanol–water partition coefficient (Wildman–Crippen LogP) is 1.99. The fraction of sp³-hybridized carbons (Fsp3) is 0.280. The minimum atomic E-state index is -4.19. The summed E-state index contributed by atoms with van der Waals surface area (Å²) in [5, 5.41) is 6.73. The fourth-order valence-corrected chi connectivity index (χ4v) is 6.91. The van der Waals surface area contributed by atoms with Crippen LogP contribution >= 0.6 is 0 Å². The summed E-state index contributed by atoms with van der Waals surface area (Å²) in [7, 11) is -8.16. The van der Waals surface area contributed by atoms with Gasteiger partial charge in [0.15, 0.2) is 0 Å². The van der Waals surface area contributed by atoms with Crippen molar-refractivity contribution in [1.82, 2.24) is 4.31 Å². The lowest BCUT2D eigenvalue weighted by molar-refractivity contribution is -0.122. The summed E-state index contributed by atoms with van der Waals surface area (Å²) in [6.45, 7) is 0.422. The third kappa shape index (κ3) is 4.90. The van der Waals surface area contributed by atoms with Gasteiger partial charge in [-0.2, -0.15) is 4.31 Å². The molecule has 0 bridgehead atoms. The number of rotatable bonds is 7. The van der Waals surface area contributed by atoms with Crippen LogP contribution in [0.15, 0.2) is 76.5 Å². The number of amides is 2. The van der Waals surface area contributed by atoms with Gasteiger partial charge < -0.3 is 4.74 Å². The van der Waals surface area contributed by atoms with Crippen LogP contribution in [0.5, 0.6) is 0 Å². The van der Waals surface area contributed by atoms with E-state index in [1.54, 1.807) is 24.3 Å². The van der Waals surface area contributed by atoms with E-state index in [1.165, 1.54) is 30.3 Å². The van der Waals surface area contributed by atoms with Crippen LogP contribution in [0.4, 0.5) is 5.69 Å². The molecule has 0 aromatic heterocycles. The number of primary sulfonamides is 1. The molecule has 0 radical (unpaired) electrons. The lowest BCUT2D eigenvalue weighted by Gasteiger charge is -2.29. The number of carbonyl (C=O) groups is 2. The third-order valence-electron chi connectivity index (χ3n) is 6.63. The molecule has 37 heavy (non-hydrogen) atoms. The quantitative estimate of drug-likeness (QED) is 0.449. The minimum Gasteiger partial charge on any atom is -0.377 e. The Balaban J connectivity index is 1.51. The van der Waals surface area contributed by atoms with Crippen molar-refractivity contribution in [3.63, 3.8) is 0 Å². The van der Waals surface area contributed by atoms with E-state index in [-0.39, 0.29) is 28.4 Å². The van der Waals surface area contributed by atoms with E-state index in [4.69, 9.17) is 9.88 Å². The molecule has 5 rings (SSSR count). The summed E-state index contributed by atoms with van der Waals surface area (Å²) >= 11 is 0. The number of nitrogens with two attached hydrogens (primary N) is 1. The van der Waals surface area contributed by atoms with Crippen LogP contribution in [0, 0.1) is 0 Å². The summed E-state index contributed by atoms with van der Waals surface area (Å²) in [6, 6.07) is 15.8. The van der Waals surface area contributed by atoms with E-state index >= 15 is 0 Å². The van der Waals surface area contributed by atoms with Crippen molar-refractivity contribution >= 4 is 48.3 Å². The van der Waals surface area contributed by atoms with Crippen LogP contribution in [0.3, 0.4) is 0 Å². The fourth-order valence-electron chi connectivity index (χ4n) is 4.74. The number of ether oxygens (including phenoxy) is 1. The lowest BCUT2D eigenvalue weighted by atomic mass is 10.1. The second kappa shape index (κ2) is 9.62. The molecule has 10 nitrogen and oxygen atoms in total. The van der Waals surface area contributed by atoms with Gasteiger partial charge in [0.05, 0.1) is 28.0 Å². The van der Waals surface area contributed by atoms with Gasteiger partial charge in [-0.05, 0) is 60.0 Å². The number of fused-ring (bicyclic) bond motifs is 1. The molecule has 2 fully saturated rings. The number of carbonyl (C=O) groups excluding carboxylic acids is 2. The van der Waals surface area contributed by atoms with Gasteiger partial charge in [-0.1, -0.05) is 30.3 Å². The van der Waals surface area contributed by atoms with Gasteiger partial charge in [0.2, 0.25) is 26.0 Å². The molecule has 2 unspecified atom stereocenters. The van der Waals surface area contributed by atoms with E-state index in [9.17, 15) is 26.4 Å². The van der Waals surface area contributed by atoms with Crippen molar-refractivity contribution in [2.75, 3.05) is 18.1 Å². The van der Waals surface area contributed by atoms with E-state index in [0.29, 0.717) is 13.0 Å². The zero-order valence-corrected chi connectivity index (χ0v) is 21.3. The van der Waals surface area contributed by atoms with E-state index < -0.39 is 44.0 Å². The molecular formula is C25H25N3O7S2. The van der Waals surface area contributed by atoms with E-state index in [1.807, 2.05) is 12.1 Å². The maximum Gasteiger partial charge on any atom is 0.252 e. The molecule has 0 aliphatic carbocycles. The van der Waals surface area contributed by atoms with Crippen LogP contribution in [0.1, 0.15) is 19.3 Å². The van der Waals surface area contributed by atoms with Crippen molar-refractivity contribution in [1.29, 1.82) is 0 Å². The van der Waals surface area contributed by atoms with Crippen molar-refractivity contribution < 1.29 is 31.2 Å². The van der Waals surface area contributed by atoms with Crippen LogP contribution in [0.25, 0.3) is 10.8 Å². The lowest BCUT2D eigenvalue weighted by Crippen LogP contribution is -2.48. The summed E-state index contributed by atoms with van der Waals surface area (Å²) in [6.07, 6.45) is 0.655. The third-order valence-corrected chi connectivity index (χ3v) is 9.43. The molecule has 2 saturated heterocycles. The topological polar surface area (TPSA) is 144 Å². The molecule has 0 spiro atoms. The van der Waals surface area contributed by atoms with Gasteiger partial charge in [-0.25, -0.2) is 26.9 Å². The summed E-state index contributed by atoms with van der Waals surface area (Å²) in [5.74, 6) is -1.31. The molecule has 2 amide bonds. The number of nitrogens with zero attached hydrogens (tertiary/aromatic N) is 2. The smallest absolute Gasteiger partial charge is 0.252 e. The van der Waals surface area contributed by atoms with Crippen LogP contribution in [-0.4, -0.2) is 58.3 Å². The molecule has 0 saturated carbocycles. The second-order valence-corrected chi connectivity index (χ2v) is 12.5. The molecule has 2 aliphatic rings. The molecule has 12 heteroatoms. The molecule has 3 aromatic rings. The van der Waals surface area contributed by atoms with Gasteiger partial charge in [-0.15, -0.1) is 0 Å². The number of benzene rings is 3. The van der Waals surface area contributed by atoms with Crippen LogP contribution in [0.2, 0.25) is 0 Å². The number of sulfonamides is 2. The van der Waals surface area contributed by atoms with Gasteiger partial charge >= 0.3 is 0 Å². The minimum absolute atomic E-state index is 0.0143. The Hall–Kier alpha value is -3.16. The van der Waals surface area contributed by atoms with Crippen molar-refractivity contribution in [2.24, 2.45) is 5.14 Å². The van der Waals surface area contributed by atoms with Crippen molar-refractivity contribution in [2.45, 2.75) is 41.2 Å². The second-order valence-electron chi connectivity index (χ2n) is 9.04. The maximum absolute atomic E-state index is 13.9. The maximum atomic E-state index is 13.9. The van der Waals surface area contributed by atoms with Crippen LogP contribution in [-0.2, 0) is 34.4 Å². The molecule has 2 N–H and O–H groups in total. The zero-order valence-electron chi connectivity index (χ0n) is 19.7. The molecular weight excluding hydrogens is 518 g/mol. The monoisotopic (exact) mass is 543 g/mol. The Morgan fingerprint density at radius 2 is 1.59 bits per heavy atom. The molecule has 2 atom stereocenters. The highest BCUT2D eigenvalue weighted by Crippen LogP contribution is 2.32. The Morgan fingerprint density at radius 1 is 0.919 bits per heavy atom. The number of hydrogen-bond acceptors (Lipinski definition) is 7.